The van der Waals surface area contributed by atoms with Crippen molar-refractivity contribution in [2.24, 2.45) is 5.84 Å². The molecule has 0 unspecified atom stereocenters. The van der Waals surface area contributed by atoms with Gasteiger partial charge in [-0.3, -0.25) is 9.78 Å². The first-order valence-electron chi connectivity index (χ1n) is 5.26. The second-order valence-electron chi connectivity index (χ2n) is 3.64. The van der Waals surface area contributed by atoms with Crippen LogP contribution in [0.2, 0.25) is 0 Å². The summed E-state index contributed by atoms with van der Waals surface area (Å²) in [4.78, 5) is 19.2. The lowest BCUT2D eigenvalue weighted by Gasteiger charge is -2.07. The van der Waals surface area contributed by atoms with E-state index in [1.54, 1.807) is 0 Å². The van der Waals surface area contributed by atoms with Crippen molar-refractivity contribution in [3.63, 3.8) is 0 Å². The van der Waals surface area contributed by atoms with Crippen molar-refractivity contribution in [1.29, 1.82) is 0 Å². The van der Waals surface area contributed by atoms with E-state index < -0.39 is 29.0 Å². The molecular formula is C11H8F3N5O. The minimum Gasteiger partial charge on any atom is -0.318 e. The average Bonchev–Trinajstić information content (AvgIpc) is 2.44. The van der Waals surface area contributed by atoms with Gasteiger partial charge in [-0.15, -0.1) is 0 Å². The third kappa shape index (κ3) is 2.83. The van der Waals surface area contributed by atoms with E-state index in [4.69, 9.17) is 5.84 Å². The molecule has 20 heavy (non-hydrogen) atoms. The highest BCUT2D eigenvalue weighted by Gasteiger charge is 2.15. The molecule has 1 amide bonds. The van der Waals surface area contributed by atoms with Crippen molar-refractivity contribution in [2.45, 2.75) is 0 Å². The van der Waals surface area contributed by atoms with Gasteiger partial charge in [0.05, 0.1) is 18.1 Å². The van der Waals surface area contributed by atoms with Crippen LogP contribution in [0.25, 0.3) is 0 Å². The zero-order chi connectivity index (χ0) is 14.7. The molecule has 2 aromatic rings. The molecule has 0 saturated carbocycles. The van der Waals surface area contributed by atoms with E-state index in [9.17, 15) is 18.0 Å². The van der Waals surface area contributed by atoms with Gasteiger partial charge in [0.15, 0.2) is 17.5 Å². The van der Waals surface area contributed by atoms with Crippen LogP contribution in [-0.4, -0.2) is 15.9 Å². The predicted molar refractivity (Wildman–Crippen MR) is 64.1 cm³/mol. The maximum Gasteiger partial charge on any atom is 0.276 e. The fourth-order valence-corrected chi connectivity index (χ4v) is 1.38. The summed E-state index contributed by atoms with van der Waals surface area (Å²) < 4.78 is 39.3. The molecule has 0 radical (unpaired) electrons. The molecule has 0 spiro atoms. The first-order valence-corrected chi connectivity index (χ1v) is 5.26. The molecule has 0 aliphatic carbocycles. The normalized spacial score (nSPS) is 10.2. The number of rotatable bonds is 3. The van der Waals surface area contributed by atoms with Crippen LogP contribution in [0, 0.1) is 17.5 Å². The van der Waals surface area contributed by atoms with Crippen LogP contribution in [0.1, 0.15) is 10.5 Å². The monoisotopic (exact) mass is 283 g/mol. The second kappa shape index (κ2) is 5.53. The van der Waals surface area contributed by atoms with Crippen molar-refractivity contribution in [3.8, 4) is 0 Å². The van der Waals surface area contributed by atoms with E-state index in [0.717, 1.165) is 6.20 Å². The number of anilines is 2. The van der Waals surface area contributed by atoms with Crippen LogP contribution >= 0.6 is 0 Å². The van der Waals surface area contributed by atoms with Crippen LogP contribution in [0.4, 0.5) is 24.7 Å². The summed E-state index contributed by atoms with van der Waals surface area (Å²) >= 11 is 0. The second-order valence-corrected chi connectivity index (χ2v) is 3.64. The van der Waals surface area contributed by atoms with Gasteiger partial charge in [0.2, 0.25) is 0 Å². The Balaban J connectivity index is 2.27. The van der Waals surface area contributed by atoms with E-state index in [-0.39, 0.29) is 11.5 Å². The predicted octanol–water partition coefficient (Wildman–Crippen LogP) is 1.43. The van der Waals surface area contributed by atoms with Gasteiger partial charge in [-0.25, -0.2) is 24.0 Å². The number of aromatic nitrogens is 2. The zero-order valence-corrected chi connectivity index (χ0v) is 9.82. The van der Waals surface area contributed by atoms with E-state index in [0.29, 0.717) is 12.1 Å². The first kappa shape index (κ1) is 13.7. The van der Waals surface area contributed by atoms with Gasteiger partial charge >= 0.3 is 0 Å². The van der Waals surface area contributed by atoms with Gasteiger partial charge in [-0.1, -0.05) is 0 Å². The molecule has 0 saturated heterocycles. The van der Waals surface area contributed by atoms with E-state index in [2.05, 4.69) is 15.4 Å². The topological polar surface area (TPSA) is 92.9 Å². The number of nitrogens with zero attached hydrogens (tertiary/aromatic N) is 2. The van der Waals surface area contributed by atoms with Gasteiger partial charge in [0, 0.05) is 12.1 Å². The molecule has 0 aliphatic rings. The smallest absolute Gasteiger partial charge is 0.276 e. The summed E-state index contributed by atoms with van der Waals surface area (Å²) in [7, 11) is 0. The minimum atomic E-state index is -1.41. The van der Waals surface area contributed by atoms with Gasteiger partial charge in [0.1, 0.15) is 11.5 Å². The van der Waals surface area contributed by atoms with Gasteiger partial charge in [0.25, 0.3) is 5.91 Å². The van der Waals surface area contributed by atoms with Crippen LogP contribution in [-0.2, 0) is 0 Å². The summed E-state index contributed by atoms with van der Waals surface area (Å²) in [5, 5.41) is 1.99. The number of nitrogens with one attached hydrogen (secondary N) is 2. The Morgan fingerprint density at radius 2 is 1.95 bits per heavy atom. The molecule has 1 aromatic carbocycles. The number of carbonyl (C=O) groups excluding carboxylic acids is 1. The number of amides is 1. The molecule has 0 atom stereocenters. The van der Waals surface area contributed by atoms with Crippen molar-refractivity contribution in [3.05, 3.63) is 47.7 Å². The molecule has 9 heteroatoms. The number of hydrogen-bond donors (Lipinski definition) is 3. The van der Waals surface area contributed by atoms with Crippen molar-refractivity contribution >= 4 is 17.4 Å². The number of halogens is 3. The van der Waals surface area contributed by atoms with Crippen molar-refractivity contribution < 1.29 is 18.0 Å². The fourth-order valence-electron chi connectivity index (χ4n) is 1.38. The van der Waals surface area contributed by atoms with E-state index in [1.165, 1.54) is 6.20 Å². The third-order valence-electron chi connectivity index (χ3n) is 2.26. The lowest BCUT2D eigenvalue weighted by molar-refractivity contribution is 0.102. The minimum absolute atomic E-state index is 0.101. The number of hydrazine groups is 1. The Labute approximate surface area is 110 Å². The molecule has 1 heterocycles. The average molecular weight is 283 g/mol. The fraction of sp³-hybridized carbons (Fsp3) is 0. The largest absolute Gasteiger partial charge is 0.318 e. The number of nitrogens with two attached hydrogens (primary N) is 1. The van der Waals surface area contributed by atoms with Crippen LogP contribution in [0.3, 0.4) is 0 Å². The summed E-state index contributed by atoms with van der Waals surface area (Å²) in [6, 6.07) is 1.01. The van der Waals surface area contributed by atoms with Crippen LogP contribution < -0.4 is 16.6 Å². The summed E-state index contributed by atoms with van der Waals surface area (Å²) in [6.07, 6.45) is 2.34. The van der Waals surface area contributed by atoms with Crippen LogP contribution in [0.5, 0.6) is 0 Å². The molecule has 2 rings (SSSR count). The van der Waals surface area contributed by atoms with E-state index >= 15 is 0 Å². The maximum absolute atomic E-state index is 13.4. The lowest BCUT2D eigenvalue weighted by Crippen LogP contribution is -2.17. The molecule has 4 N–H and O–H groups in total. The number of carbonyl (C=O) groups is 1. The van der Waals surface area contributed by atoms with E-state index in [1.807, 2.05) is 5.32 Å². The molecule has 0 aliphatic heterocycles. The Hall–Kier alpha value is -2.68. The molecule has 0 bridgehead atoms. The standard InChI is InChI=1S/C11H8F3N5O/c12-5-1-6(13)10(14)7(2-5)18-11(20)8-3-16-4-9(17-8)19-15/h1-4H,15H2,(H,17,19)(H,18,20). The van der Waals surface area contributed by atoms with Crippen molar-refractivity contribution in [2.75, 3.05) is 10.7 Å². The Morgan fingerprint density at radius 3 is 2.65 bits per heavy atom. The number of nitrogen functional groups attached to an aromatic ring is 1. The Bertz CT molecular complexity index is 665. The van der Waals surface area contributed by atoms with Gasteiger partial charge in [-0.05, 0) is 0 Å². The van der Waals surface area contributed by atoms with Crippen LogP contribution in [0.15, 0.2) is 24.5 Å². The van der Waals surface area contributed by atoms with Gasteiger partial charge < -0.3 is 10.7 Å². The first-order chi connectivity index (χ1) is 9.51. The Morgan fingerprint density at radius 1 is 1.20 bits per heavy atom. The number of hydrogen-bond acceptors (Lipinski definition) is 5. The highest BCUT2D eigenvalue weighted by Crippen LogP contribution is 2.19. The molecule has 6 nitrogen and oxygen atoms in total. The summed E-state index contributed by atoms with van der Waals surface area (Å²) in [6.45, 7) is 0. The Kier molecular flexibility index (Phi) is 3.80. The summed E-state index contributed by atoms with van der Waals surface area (Å²) in [5.74, 6) is 0.489. The maximum atomic E-state index is 13.4. The molecule has 0 fully saturated rings. The van der Waals surface area contributed by atoms with Crippen molar-refractivity contribution in [1.82, 2.24) is 9.97 Å². The number of benzene rings is 1. The quantitative estimate of drug-likeness (QED) is 0.450. The highest BCUT2D eigenvalue weighted by atomic mass is 19.2. The summed E-state index contributed by atoms with van der Waals surface area (Å²) in [5.41, 5.74) is 1.33. The van der Waals surface area contributed by atoms with Gasteiger partial charge in [-0.2, -0.15) is 0 Å². The highest BCUT2D eigenvalue weighted by molar-refractivity contribution is 6.02. The zero-order valence-electron chi connectivity index (χ0n) is 9.82. The molecule has 104 valence electrons. The molecule has 1 aromatic heterocycles. The lowest BCUT2D eigenvalue weighted by atomic mass is 10.2. The molecular weight excluding hydrogens is 275 g/mol. The SMILES string of the molecule is NNc1cncc(C(=O)Nc2cc(F)cc(F)c2F)n1. The third-order valence-corrected chi connectivity index (χ3v) is 2.26.